The van der Waals surface area contributed by atoms with E-state index in [2.05, 4.69) is 13.8 Å². The van der Waals surface area contributed by atoms with Crippen molar-refractivity contribution in [3.63, 3.8) is 0 Å². The van der Waals surface area contributed by atoms with Crippen LogP contribution in [0.2, 0.25) is 0 Å². The lowest BCUT2D eigenvalue weighted by Crippen LogP contribution is -2.29. The minimum atomic E-state index is -3.71. The molecule has 0 radical (unpaired) electrons. The van der Waals surface area contributed by atoms with Crippen LogP contribution in [-0.2, 0) is 28.2 Å². The smallest absolute Gasteiger partial charge is 0.325 e. The number of carbonyl (C=O) groups excluding carboxylic acids is 2. The molecule has 0 saturated heterocycles. The fraction of sp³-hybridized carbons (Fsp3) is 0.913. The van der Waals surface area contributed by atoms with Gasteiger partial charge in [-0.2, -0.15) is 0 Å². The van der Waals surface area contributed by atoms with Crippen LogP contribution in [0.5, 0.6) is 0 Å². The van der Waals surface area contributed by atoms with Crippen LogP contribution >= 0.6 is 7.60 Å². The monoisotopic (exact) mass is 464 g/mol. The standard InChI is InChI=1S/C23H45O7P/c1-4-6-8-10-12-14-16-18-23(25)30-21(20-29-31(3,26)27)19-28-22(24)17-15-13-11-9-7-5-2/h21H,4-20H2,1-3H3,(H,26,27). The average Bonchev–Trinajstić information content (AvgIpc) is 2.71. The highest BCUT2D eigenvalue weighted by Gasteiger charge is 2.21. The maximum atomic E-state index is 12.1. The Morgan fingerprint density at radius 2 is 1.19 bits per heavy atom. The molecule has 2 unspecified atom stereocenters. The fourth-order valence-electron chi connectivity index (χ4n) is 3.12. The number of rotatable bonds is 21. The van der Waals surface area contributed by atoms with Crippen molar-refractivity contribution in [1.82, 2.24) is 0 Å². The summed E-state index contributed by atoms with van der Waals surface area (Å²) < 4.78 is 26.8. The molecule has 1 N–H and O–H groups in total. The number of unbranched alkanes of at least 4 members (excludes halogenated alkanes) is 11. The van der Waals surface area contributed by atoms with Crippen LogP contribution in [0.25, 0.3) is 0 Å². The molecule has 8 heteroatoms. The van der Waals surface area contributed by atoms with Crippen LogP contribution in [0.3, 0.4) is 0 Å². The van der Waals surface area contributed by atoms with Crippen LogP contribution in [0, 0.1) is 0 Å². The van der Waals surface area contributed by atoms with Gasteiger partial charge in [0.05, 0.1) is 6.61 Å². The van der Waals surface area contributed by atoms with E-state index in [9.17, 15) is 19.0 Å². The first kappa shape index (κ1) is 30.1. The first-order valence-electron chi connectivity index (χ1n) is 12.1. The van der Waals surface area contributed by atoms with E-state index in [1.807, 2.05) is 0 Å². The molecule has 0 aromatic heterocycles. The van der Waals surface area contributed by atoms with Gasteiger partial charge < -0.3 is 18.9 Å². The topological polar surface area (TPSA) is 99.1 Å². The van der Waals surface area contributed by atoms with Crippen molar-refractivity contribution in [3.8, 4) is 0 Å². The molecule has 2 atom stereocenters. The van der Waals surface area contributed by atoms with Crippen LogP contribution in [-0.4, -0.2) is 42.8 Å². The summed E-state index contributed by atoms with van der Waals surface area (Å²) in [4.78, 5) is 33.4. The van der Waals surface area contributed by atoms with E-state index in [1.165, 1.54) is 44.9 Å². The van der Waals surface area contributed by atoms with Crippen molar-refractivity contribution in [1.29, 1.82) is 0 Å². The van der Waals surface area contributed by atoms with E-state index in [0.717, 1.165) is 45.2 Å². The van der Waals surface area contributed by atoms with E-state index in [4.69, 9.17) is 14.0 Å². The van der Waals surface area contributed by atoms with Gasteiger partial charge in [-0.05, 0) is 12.8 Å². The summed E-state index contributed by atoms with van der Waals surface area (Å²) in [5, 5.41) is 0. The molecule has 0 aliphatic carbocycles. The Hall–Kier alpha value is -0.910. The third kappa shape index (κ3) is 22.1. The molecule has 0 rings (SSSR count). The average molecular weight is 465 g/mol. The highest BCUT2D eigenvalue weighted by Crippen LogP contribution is 2.36. The van der Waals surface area contributed by atoms with Gasteiger partial charge in [0, 0.05) is 19.5 Å². The molecule has 0 spiro atoms. The lowest BCUT2D eigenvalue weighted by molar-refractivity contribution is -0.161. The summed E-state index contributed by atoms with van der Waals surface area (Å²) in [5.74, 6) is -0.759. The Morgan fingerprint density at radius 1 is 0.742 bits per heavy atom. The van der Waals surface area contributed by atoms with Gasteiger partial charge in [-0.25, -0.2) is 0 Å². The SMILES string of the molecule is CCCCCCCCCC(=O)OC(COC(=O)CCCCCCCC)COP(C)(=O)O. The second kappa shape index (κ2) is 19.8. The lowest BCUT2D eigenvalue weighted by atomic mass is 10.1. The Morgan fingerprint density at radius 3 is 1.68 bits per heavy atom. The number of esters is 2. The molecule has 7 nitrogen and oxygen atoms in total. The van der Waals surface area contributed by atoms with E-state index < -0.39 is 19.7 Å². The third-order valence-electron chi connectivity index (χ3n) is 4.95. The van der Waals surface area contributed by atoms with Gasteiger partial charge in [0.1, 0.15) is 6.61 Å². The first-order chi connectivity index (χ1) is 14.8. The Labute approximate surface area is 189 Å². The van der Waals surface area contributed by atoms with E-state index in [-0.39, 0.29) is 25.6 Å². The summed E-state index contributed by atoms with van der Waals surface area (Å²) in [6.07, 6.45) is 13.8. The zero-order valence-corrected chi connectivity index (χ0v) is 20.8. The molecule has 0 heterocycles. The predicted molar refractivity (Wildman–Crippen MR) is 123 cm³/mol. The molecule has 0 bridgehead atoms. The van der Waals surface area contributed by atoms with Gasteiger partial charge in [0.2, 0.25) is 0 Å². The maximum Gasteiger partial charge on any atom is 0.325 e. The zero-order valence-electron chi connectivity index (χ0n) is 19.9. The van der Waals surface area contributed by atoms with Gasteiger partial charge in [0.25, 0.3) is 0 Å². The fourth-order valence-corrected chi connectivity index (χ4v) is 3.56. The quantitative estimate of drug-likeness (QED) is 0.123. The molecule has 0 aromatic carbocycles. The molecular formula is C23H45O7P. The number of hydrogen-bond donors (Lipinski definition) is 1. The molecule has 31 heavy (non-hydrogen) atoms. The van der Waals surface area contributed by atoms with Gasteiger partial charge >= 0.3 is 19.5 Å². The summed E-state index contributed by atoms with van der Waals surface area (Å²) in [7, 11) is -3.71. The van der Waals surface area contributed by atoms with Crippen LogP contribution in [0.4, 0.5) is 0 Å². The number of ether oxygens (including phenoxy) is 2. The van der Waals surface area contributed by atoms with E-state index in [1.54, 1.807) is 0 Å². The molecule has 184 valence electrons. The van der Waals surface area contributed by atoms with Crippen molar-refractivity contribution < 1.29 is 33.0 Å². The summed E-state index contributed by atoms with van der Waals surface area (Å²) >= 11 is 0. The third-order valence-corrected chi connectivity index (χ3v) is 5.58. The molecule has 0 fully saturated rings. The Bertz CT molecular complexity index is 504. The van der Waals surface area contributed by atoms with Crippen LogP contribution < -0.4 is 0 Å². The maximum absolute atomic E-state index is 12.1. The van der Waals surface area contributed by atoms with Gasteiger partial charge in [0.15, 0.2) is 6.10 Å². The number of hydrogen-bond acceptors (Lipinski definition) is 6. The van der Waals surface area contributed by atoms with Crippen LogP contribution in [0.15, 0.2) is 0 Å². The van der Waals surface area contributed by atoms with Crippen molar-refractivity contribution in [2.24, 2.45) is 0 Å². The van der Waals surface area contributed by atoms with E-state index >= 15 is 0 Å². The minimum Gasteiger partial charge on any atom is -0.462 e. The number of carbonyl (C=O) groups is 2. The second-order valence-corrected chi connectivity index (χ2v) is 10.1. The molecule has 0 aromatic rings. The van der Waals surface area contributed by atoms with Gasteiger partial charge in [-0.15, -0.1) is 0 Å². The largest absolute Gasteiger partial charge is 0.462 e. The van der Waals surface area contributed by atoms with Crippen molar-refractivity contribution in [2.45, 2.75) is 116 Å². The molecule has 0 aliphatic heterocycles. The normalized spacial score (nSPS) is 14.1. The molecule has 0 amide bonds. The van der Waals surface area contributed by atoms with Gasteiger partial charge in [-0.1, -0.05) is 84.5 Å². The molecular weight excluding hydrogens is 419 g/mol. The van der Waals surface area contributed by atoms with Crippen molar-refractivity contribution in [2.75, 3.05) is 19.9 Å². The van der Waals surface area contributed by atoms with E-state index in [0.29, 0.717) is 6.42 Å². The summed E-state index contributed by atoms with van der Waals surface area (Å²) in [6, 6.07) is 0. The van der Waals surface area contributed by atoms with Crippen molar-refractivity contribution in [3.05, 3.63) is 0 Å². The minimum absolute atomic E-state index is 0.169. The predicted octanol–water partition coefficient (Wildman–Crippen LogP) is 6.16. The van der Waals surface area contributed by atoms with Crippen molar-refractivity contribution >= 4 is 19.5 Å². The molecule has 0 saturated carbocycles. The Kier molecular flexibility index (Phi) is 19.2. The summed E-state index contributed by atoms with van der Waals surface area (Å²) in [5.41, 5.74) is 0. The van der Waals surface area contributed by atoms with Crippen LogP contribution in [0.1, 0.15) is 110 Å². The highest BCUT2D eigenvalue weighted by molar-refractivity contribution is 7.51. The van der Waals surface area contributed by atoms with Gasteiger partial charge in [-0.3, -0.25) is 14.2 Å². The Balaban J connectivity index is 4.19. The second-order valence-electron chi connectivity index (χ2n) is 8.28. The zero-order chi connectivity index (χ0) is 23.4. The molecule has 0 aliphatic rings. The first-order valence-corrected chi connectivity index (χ1v) is 14.1. The summed E-state index contributed by atoms with van der Waals surface area (Å²) in [6.45, 7) is 4.95. The highest BCUT2D eigenvalue weighted by atomic mass is 31.2. The lowest BCUT2D eigenvalue weighted by Gasteiger charge is -2.19.